The van der Waals surface area contributed by atoms with Gasteiger partial charge in [0, 0.05) is 37.5 Å². The highest BCUT2D eigenvalue weighted by molar-refractivity contribution is 6.35. The third kappa shape index (κ3) is 4.93. The van der Waals surface area contributed by atoms with E-state index in [-0.39, 0.29) is 49.9 Å². The number of fused-ring (bicyclic) bond motifs is 4. The van der Waals surface area contributed by atoms with Crippen molar-refractivity contribution in [3.63, 3.8) is 0 Å². The maximum Gasteiger partial charge on any atom is 0.406 e. The number of piperidine rings is 1. The summed E-state index contributed by atoms with van der Waals surface area (Å²) >= 11 is 6.43. The number of halogens is 5. The Morgan fingerprint density at radius 2 is 1.93 bits per heavy atom. The number of benzene rings is 2. The first-order valence-electron chi connectivity index (χ1n) is 13.5. The zero-order valence-electron chi connectivity index (χ0n) is 22.5. The lowest BCUT2D eigenvalue weighted by molar-refractivity contribution is -0.169. The molecule has 2 N–H and O–H groups in total. The molecule has 2 aromatic heterocycles. The van der Waals surface area contributed by atoms with E-state index in [9.17, 15) is 31.9 Å². The molecule has 0 unspecified atom stereocenters. The van der Waals surface area contributed by atoms with E-state index in [2.05, 4.69) is 15.2 Å². The van der Waals surface area contributed by atoms with Crippen LogP contribution in [0, 0.1) is 11.2 Å². The number of hydrogen-bond donors (Lipinski definition) is 2. The van der Waals surface area contributed by atoms with Crippen molar-refractivity contribution in [1.82, 2.24) is 29.5 Å². The number of para-hydroxylation sites is 1. The van der Waals surface area contributed by atoms with Crippen LogP contribution in [0.1, 0.15) is 43.4 Å². The van der Waals surface area contributed by atoms with Gasteiger partial charge in [0.25, 0.3) is 0 Å². The molecule has 6 rings (SSSR count). The molecule has 222 valence electrons. The number of nitrogens with one attached hydrogen (secondary N) is 2. The molecule has 14 heteroatoms. The Kier molecular flexibility index (Phi) is 6.82. The molecular formula is C28H27ClF4N6O3. The first-order valence-corrected chi connectivity index (χ1v) is 13.9. The van der Waals surface area contributed by atoms with Gasteiger partial charge in [0.15, 0.2) is 0 Å². The number of hydrogen-bond acceptors (Lipinski definition) is 4. The molecule has 0 radical (unpaired) electrons. The van der Waals surface area contributed by atoms with Crippen molar-refractivity contribution in [2.75, 3.05) is 19.6 Å². The van der Waals surface area contributed by atoms with E-state index in [1.807, 2.05) is 0 Å². The van der Waals surface area contributed by atoms with Gasteiger partial charge in [-0.2, -0.15) is 18.3 Å². The number of carbonyl (C=O) groups is 2. The topological polar surface area (TPSA) is 107 Å². The zero-order valence-corrected chi connectivity index (χ0v) is 23.3. The molecule has 2 aromatic carbocycles. The summed E-state index contributed by atoms with van der Waals surface area (Å²) in [5.74, 6) is -1.67. The number of nitrogens with zero attached hydrogens (tertiary/aromatic N) is 4. The normalized spacial score (nSPS) is 20.4. The van der Waals surface area contributed by atoms with Crippen LogP contribution in [0.15, 0.2) is 35.3 Å². The fourth-order valence-corrected chi connectivity index (χ4v) is 6.72. The van der Waals surface area contributed by atoms with Gasteiger partial charge in [0.2, 0.25) is 11.8 Å². The Morgan fingerprint density at radius 3 is 2.64 bits per heavy atom. The van der Waals surface area contributed by atoms with Crippen LogP contribution < -0.4 is 5.69 Å². The number of likely N-dealkylation sites (tertiary alicyclic amines) is 1. The Balaban J connectivity index is 1.24. The van der Waals surface area contributed by atoms with Gasteiger partial charge in [0.1, 0.15) is 17.9 Å². The number of rotatable bonds is 4. The summed E-state index contributed by atoms with van der Waals surface area (Å²) in [6.07, 6.45) is -2.62. The second kappa shape index (κ2) is 10.1. The minimum atomic E-state index is -4.64. The average molecular weight is 607 g/mol. The maximum atomic E-state index is 14.2. The Hall–Kier alpha value is -3.87. The number of imidazole rings is 1. The number of aromatic amines is 2. The van der Waals surface area contributed by atoms with Crippen LogP contribution in [-0.4, -0.2) is 67.2 Å². The third-order valence-corrected chi connectivity index (χ3v) is 8.72. The largest absolute Gasteiger partial charge is 0.406 e. The highest BCUT2D eigenvalue weighted by Gasteiger charge is 2.46. The highest BCUT2D eigenvalue weighted by atomic mass is 35.5. The van der Waals surface area contributed by atoms with Crippen LogP contribution in [0.25, 0.3) is 21.9 Å². The van der Waals surface area contributed by atoms with E-state index in [0.29, 0.717) is 45.4 Å². The molecule has 4 heterocycles. The first-order chi connectivity index (χ1) is 19.8. The summed E-state index contributed by atoms with van der Waals surface area (Å²) in [5.41, 5.74) is 0.230. The van der Waals surface area contributed by atoms with E-state index in [4.69, 9.17) is 11.6 Å². The Labute approximate surface area is 241 Å². The fourth-order valence-electron chi connectivity index (χ4n) is 6.44. The van der Waals surface area contributed by atoms with Crippen molar-refractivity contribution in [1.29, 1.82) is 0 Å². The van der Waals surface area contributed by atoms with Gasteiger partial charge in [-0.15, -0.1) is 0 Å². The van der Waals surface area contributed by atoms with Crippen LogP contribution in [0.2, 0.25) is 5.02 Å². The van der Waals surface area contributed by atoms with Crippen LogP contribution >= 0.6 is 11.6 Å². The van der Waals surface area contributed by atoms with Crippen LogP contribution in [0.5, 0.6) is 0 Å². The first kappa shape index (κ1) is 28.3. The van der Waals surface area contributed by atoms with Gasteiger partial charge in [-0.25, -0.2) is 9.18 Å². The summed E-state index contributed by atoms with van der Waals surface area (Å²) in [5, 5.41) is 7.58. The second-order valence-corrected chi connectivity index (χ2v) is 11.8. The molecule has 0 aliphatic carbocycles. The molecule has 2 amide bonds. The lowest BCUT2D eigenvalue weighted by Gasteiger charge is -2.36. The molecule has 0 bridgehead atoms. The summed E-state index contributed by atoms with van der Waals surface area (Å²) in [6, 6.07) is 5.79. The van der Waals surface area contributed by atoms with E-state index >= 15 is 0 Å². The second-order valence-electron chi connectivity index (χ2n) is 11.4. The van der Waals surface area contributed by atoms with Crippen molar-refractivity contribution >= 4 is 45.4 Å². The molecule has 42 heavy (non-hydrogen) atoms. The predicted molar refractivity (Wildman–Crippen MR) is 146 cm³/mol. The summed E-state index contributed by atoms with van der Waals surface area (Å²) in [7, 11) is 0. The Bertz CT molecular complexity index is 1770. The van der Waals surface area contributed by atoms with Gasteiger partial charge >= 0.3 is 11.9 Å². The van der Waals surface area contributed by atoms with E-state index in [1.165, 1.54) is 29.8 Å². The number of aromatic nitrogens is 4. The lowest BCUT2D eigenvalue weighted by atomic mass is 9.78. The SMILES string of the molecule is C[C@@]1(CC(=O)N2CCC(n3c(=O)[nH]c4c(F)cccc43)CC2)Cc2cc(Cl)c3[nH]ncc3c2CN(CC(F)(F)F)C1=O. The van der Waals surface area contributed by atoms with E-state index < -0.39 is 35.6 Å². The average Bonchev–Trinajstić information content (AvgIpc) is 3.52. The zero-order chi connectivity index (χ0) is 30.0. The van der Waals surface area contributed by atoms with Crippen molar-refractivity contribution in [2.45, 2.75) is 51.4 Å². The number of amides is 2. The minimum Gasteiger partial charge on any atom is -0.343 e. The van der Waals surface area contributed by atoms with Crippen LogP contribution in [-0.2, 0) is 22.6 Å². The van der Waals surface area contributed by atoms with E-state index in [1.54, 1.807) is 17.0 Å². The third-order valence-electron chi connectivity index (χ3n) is 8.42. The van der Waals surface area contributed by atoms with Crippen molar-refractivity contribution in [3.8, 4) is 0 Å². The molecule has 2 aliphatic rings. The van der Waals surface area contributed by atoms with Gasteiger partial charge in [-0.1, -0.05) is 17.7 Å². The molecule has 1 atom stereocenters. The molecule has 2 aliphatic heterocycles. The molecule has 0 saturated carbocycles. The van der Waals surface area contributed by atoms with Crippen molar-refractivity contribution < 1.29 is 27.2 Å². The monoisotopic (exact) mass is 606 g/mol. The molecular weight excluding hydrogens is 580 g/mol. The standard InChI is InChI=1S/C28H27ClF4N6O3/c1-27(10-15-9-19(29)23-17(12-34-36-23)18(15)13-38(25(27)41)14-28(31,32)33)11-22(40)37-7-5-16(6-8-37)39-21-4-2-3-20(30)24(21)35-26(39)42/h2-4,9,12,16H,5-8,10-11,13-14H2,1H3,(H,34,36)(H,35,42)/t27-/m0/s1. The molecule has 1 saturated heterocycles. The summed E-state index contributed by atoms with van der Waals surface area (Å²) in [4.78, 5) is 44.8. The van der Waals surface area contributed by atoms with Gasteiger partial charge < -0.3 is 14.8 Å². The molecule has 1 fully saturated rings. The van der Waals surface area contributed by atoms with Crippen LogP contribution in [0.4, 0.5) is 17.6 Å². The van der Waals surface area contributed by atoms with E-state index in [0.717, 1.165) is 4.90 Å². The van der Waals surface area contributed by atoms with Crippen molar-refractivity contribution in [3.05, 3.63) is 62.9 Å². The smallest absolute Gasteiger partial charge is 0.343 e. The number of alkyl halides is 3. The predicted octanol–water partition coefficient (Wildman–Crippen LogP) is 4.71. The number of carbonyl (C=O) groups excluding carboxylic acids is 2. The Morgan fingerprint density at radius 1 is 1.19 bits per heavy atom. The van der Waals surface area contributed by atoms with Crippen molar-refractivity contribution in [2.24, 2.45) is 5.41 Å². The quantitative estimate of drug-likeness (QED) is 0.328. The maximum absolute atomic E-state index is 14.2. The number of H-pyrrole nitrogens is 2. The summed E-state index contributed by atoms with van der Waals surface area (Å²) in [6.45, 7) is 0.309. The molecule has 4 aromatic rings. The van der Waals surface area contributed by atoms with Gasteiger partial charge in [0.05, 0.1) is 27.7 Å². The molecule has 9 nitrogen and oxygen atoms in total. The highest BCUT2D eigenvalue weighted by Crippen LogP contribution is 2.40. The van der Waals surface area contributed by atoms with Crippen LogP contribution in [0.3, 0.4) is 0 Å². The van der Waals surface area contributed by atoms with Gasteiger partial charge in [-0.05, 0) is 55.5 Å². The van der Waals surface area contributed by atoms with Gasteiger partial charge in [-0.3, -0.25) is 19.3 Å². The fraction of sp³-hybridized carbons (Fsp3) is 0.429. The lowest BCUT2D eigenvalue weighted by Crippen LogP contribution is -2.48. The molecule has 0 spiro atoms. The minimum absolute atomic E-state index is 0.0227. The summed E-state index contributed by atoms with van der Waals surface area (Å²) < 4.78 is 56.5.